The maximum Gasteiger partial charge on any atom is 0.410 e. The van der Waals surface area contributed by atoms with Crippen LogP contribution < -0.4 is 5.32 Å². The number of nitrogens with zero attached hydrogens (tertiary/aromatic N) is 3. The van der Waals surface area contributed by atoms with E-state index < -0.39 is 5.60 Å². The number of benzene rings is 2. The Hall–Kier alpha value is -3.49. The van der Waals surface area contributed by atoms with Gasteiger partial charge in [-0.2, -0.15) is 0 Å². The summed E-state index contributed by atoms with van der Waals surface area (Å²) in [6.45, 7) is 10.6. The summed E-state index contributed by atoms with van der Waals surface area (Å²) < 4.78 is 20.4. The minimum absolute atomic E-state index is 0.0169. The maximum atomic E-state index is 14.9. The summed E-state index contributed by atoms with van der Waals surface area (Å²) in [5.74, 6) is -0.690. The molecule has 206 valence electrons. The van der Waals surface area contributed by atoms with Gasteiger partial charge in [0.1, 0.15) is 22.3 Å². The fourth-order valence-electron chi connectivity index (χ4n) is 4.58. The number of nitrogens with one attached hydrogen (secondary N) is 1. The van der Waals surface area contributed by atoms with Crippen molar-refractivity contribution in [3.05, 3.63) is 88.5 Å². The van der Waals surface area contributed by atoms with Crippen LogP contribution >= 0.6 is 11.6 Å². The van der Waals surface area contributed by atoms with Crippen molar-refractivity contribution in [2.24, 2.45) is 0 Å². The summed E-state index contributed by atoms with van der Waals surface area (Å²) in [5.41, 5.74) is 2.73. The first-order valence-corrected chi connectivity index (χ1v) is 13.4. The molecular weight excluding hydrogens is 519 g/mol. The summed E-state index contributed by atoms with van der Waals surface area (Å²) in [4.78, 5) is 33.0. The Kier molecular flexibility index (Phi) is 8.87. The van der Waals surface area contributed by atoms with Gasteiger partial charge in [0, 0.05) is 44.3 Å². The zero-order valence-corrected chi connectivity index (χ0v) is 23.5. The van der Waals surface area contributed by atoms with E-state index >= 15 is 0 Å². The number of carbonyl (C=O) groups is 2. The number of pyridine rings is 1. The molecule has 0 radical (unpaired) electrons. The van der Waals surface area contributed by atoms with Crippen molar-refractivity contribution in [2.45, 2.75) is 52.4 Å². The first-order valence-electron chi connectivity index (χ1n) is 13.0. The Morgan fingerprint density at radius 3 is 2.56 bits per heavy atom. The number of piperazine rings is 1. The van der Waals surface area contributed by atoms with Crippen LogP contribution in [0.5, 0.6) is 0 Å². The lowest BCUT2D eigenvalue weighted by molar-refractivity contribution is 0.000554. The molecule has 1 fully saturated rings. The van der Waals surface area contributed by atoms with E-state index in [1.165, 1.54) is 6.07 Å². The highest BCUT2D eigenvalue weighted by atomic mass is 35.5. The van der Waals surface area contributed by atoms with Crippen LogP contribution in [0.1, 0.15) is 49.3 Å². The van der Waals surface area contributed by atoms with Gasteiger partial charge in [0.25, 0.3) is 5.91 Å². The number of halogens is 2. The predicted octanol–water partition coefficient (Wildman–Crippen LogP) is 5.91. The highest BCUT2D eigenvalue weighted by Crippen LogP contribution is 2.26. The molecular formula is C30H34ClFN4O3. The van der Waals surface area contributed by atoms with Crippen molar-refractivity contribution in [1.29, 1.82) is 0 Å². The monoisotopic (exact) mass is 552 g/mol. The summed E-state index contributed by atoms with van der Waals surface area (Å²) >= 11 is 5.88. The number of carbonyl (C=O) groups excluding carboxylic acids is 2. The Morgan fingerprint density at radius 1 is 1.08 bits per heavy atom. The molecule has 1 N–H and O–H groups in total. The summed E-state index contributed by atoms with van der Waals surface area (Å²) in [6, 6.07) is 17.5. The first kappa shape index (κ1) is 28.5. The molecule has 2 heterocycles. The van der Waals surface area contributed by atoms with Crippen LogP contribution in [0.25, 0.3) is 11.1 Å². The maximum absolute atomic E-state index is 14.9. The Balaban J connectivity index is 1.40. The standard InChI is InChI=1S/C30H34ClFN4O3/c1-20-18-35(13-14-36(20)29(38)39-30(2,3)4)19-22-7-5-8-23(15-22)24-16-21(11-12-25(24)32)17-33-28(37)26-9-6-10-27(31)34-26/h5-12,15-16,20H,13-14,17-19H2,1-4H3,(H,33,37)/t20-/m0/s1. The Morgan fingerprint density at radius 2 is 1.85 bits per heavy atom. The lowest BCUT2D eigenvalue weighted by Crippen LogP contribution is -2.54. The zero-order chi connectivity index (χ0) is 28.2. The molecule has 1 aromatic heterocycles. The topological polar surface area (TPSA) is 74.8 Å². The van der Waals surface area contributed by atoms with E-state index in [0.717, 1.165) is 23.2 Å². The van der Waals surface area contributed by atoms with Crippen LogP contribution in [0.2, 0.25) is 5.15 Å². The molecule has 1 aliphatic heterocycles. The molecule has 0 saturated carbocycles. The number of aromatic nitrogens is 1. The molecule has 0 aliphatic carbocycles. The van der Waals surface area contributed by atoms with Gasteiger partial charge >= 0.3 is 6.09 Å². The van der Waals surface area contributed by atoms with Gasteiger partial charge in [0.05, 0.1) is 0 Å². The number of hydrogen-bond donors (Lipinski definition) is 1. The number of hydrogen-bond acceptors (Lipinski definition) is 5. The van der Waals surface area contributed by atoms with Crippen molar-refractivity contribution >= 4 is 23.6 Å². The van der Waals surface area contributed by atoms with Crippen molar-refractivity contribution in [1.82, 2.24) is 20.1 Å². The second-order valence-corrected chi connectivity index (χ2v) is 11.2. The van der Waals surface area contributed by atoms with Gasteiger partial charge in [-0.15, -0.1) is 0 Å². The molecule has 0 spiro atoms. The van der Waals surface area contributed by atoms with E-state index in [1.807, 2.05) is 52.0 Å². The molecule has 7 nitrogen and oxygen atoms in total. The van der Waals surface area contributed by atoms with Crippen LogP contribution in [-0.4, -0.2) is 58.1 Å². The van der Waals surface area contributed by atoms with Crippen molar-refractivity contribution < 1.29 is 18.7 Å². The van der Waals surface area contributed by atoms with Gasteiger partial charge in [-0.1, -0.05) is 41.9 Å². The molecule has 1 aliphatic rings. The molecule has 2 aromatic carbocycles. The Bertz CT molecular complexity index is 1340. The third kappa shape index (κ3) is 7.77. The minimum atomic E-state index is -0.528. The minimum Gasteiger partial charge on any atom is -0.444 e. The molecule has 2 amide bonds. The average molecular weight is 553 g/mol. The SMILES string of the molecule is C[C@H]1CN(Cc2cccc(-c3cc(CNC(=O)c4cccc(Cl)n4)ccc3F)c2)CCN1C(=O)OC(C)(C)C. The van der Waals surface area contributed by atoms with E-state index in [-0.39, 0.29) is 41.3 Å². The lowest BCUT2D eigenvalue weighted by Gasteiger charge is -2.40. The van der Waals surface area contributed by atoms with Gasteiger partial charge in [-0.05, 0) is 74.7 Å². The third-order valence-corrected chi connectivity index (χ3v) is 6.63. The van der Waals surface area contributed by atoms with Gasteiger partial charge < -0.3 is 15.0 Å². The highest BCUT2D eigenvalue weighted by molar-refractivity contribution is 6.29. The van der Waals surface area contributed by atoms with Crippen molar-refractivity contribution in [3.63, 3.8) is 0 Å². The second kappa shape index (κ2) is 12.1. The van der Waals surface area contributed by atoms with Gasteiger partial charge in [-0.3, -0.25) is 9.69 Å². The van der Waals surface area contributed by atoms with Gasteiger partial charge in [0.15, 0.2) is 0 Å². The van der Waals surface area contributed by atoms with Crippen LogP contribution in [0.15, 0.2) is 60.7 Å². The summed E-state index contributed by atoms with van der Waals surface area (Å²) in [7, 11) is 0. The largest absolute Gasteiger partial charge is 0.444 e. The molecule has 0 bridgehead atoms. The fourth-order valence-corrected chi connectivity index (χ4v) is 4.74. The van der Waals surface area contributed by atoms with Gasteiger partial charge in [-0.25, -0.2) is 14.2 Å². The normalized spacial score (nSPS) is 16.2. The molecule has 3 aromatic rings. The van der Waals surface area contributed by atoms with E-state index in [0.29, 0.717) is 25.2 Å². The number of ether oxygens (including phenoxy) is 1. The molecule has 1 atom stereocenters. The summed E-state index contributed by atoms with van der Waals surface area (Å²) in [5, 5.41) is 3.05. The van der Waals surface area contributed by atoms with Crippen LogP contribution in [0.3, 0.4) is 0 Å². The van der Waals surface area contributed by atoms with Crippen LogP contribution in [0.4, 0.5) is 9.18 Å². The van der Waals surface area contributed by atoms with E-state index in [1.54, 1.807) is 35.2 Å². The van der Waals surface area contributed by atoms with E-state index in [2.05, 4.69) is 15.2 Å². The first-order chi connectivity index (χ1) is 18.5. The molecule has 9 heteroatoms. The molecule has 4 rings (SSSR count). The highest BCUT2D eigenvalue weighted by Gasteiger charge is 2.30. The smallest absolute Gasteiger partial charge is 0.410 e. The summed E-state index contributed by atoms with van der Waals surface area (Å²) in [6.07, 6.45) is -0.285. The Labute approximate surface area is 233 Å². The quantitative estimate of drug-likeness (QED) is 0.385. The van der Waals surface area contributed by atoms with Crippen LogP contribution in [-0.2, 0) is 17.8 Å². The van der Waals surface area contributed by atoms with E-state index in [9.17, 15) is 14.0 Å². The third-order valence-electron chi connectivity index (χ3n) is 6.42. The average Bonchev–Trinajstić information content (AvgIpc) is 2.87. The zero-order valence-electron chi connectivity index (χ0n) is 22.7. The second-order valence-electron chi connectivity index (χ2n) is 10.8. The van der Waals surface area contributed by atoms with E-state index in [4.69, 9.17) is 16.3 Å². The van der Waals surface area contributed by atoms with Gasteiger partial charge in [0.2, 0.25) is 0 Å². The lowest BCUT2D eigenvalue weighted by atomic mass is 10.00. The van der Waals surface area contributed by atoms with Crippen molar-refractivity contribution in [3.8, 4) is 11.1 Å². The molecule has 0 unspecified atom stereocenters. The fraction of sp³-hybridized carbons (Fsp3) is 0.367. The van der Waals surface area contributed by atoms with Crippen molar-refractivity contribution in [2.75, 3.05) is 19.6 Å². The number of amides is 2. The predicted molar refractivity (Wildman–Crippen MR) is 150 cm³/mol. The number of rotatable bonds is 6. The molecule has 39 heavy (non-hydrogen) atoms. The van der Waals surface area contributed by atoms with Crippen LogP contribution in [0, 0.1) is 5.82 Å². The molecule has 1 saturated heterocycles.